The summed E-state index contributed by atoms with van der Waals surface area (Å²) in [5.41, 5.74) is 1.55. The molecule has 0 radical (unpaired) electrons. The van der Waals surface area contributed by atoms with Crippen molar-refractivity contribution in [3.63, 3.8) is 0 Å². The summed E-state index contributed by atoms with van der Waals surface area (Å²) in [6.45, 7) is 0. The zero-order valence-electron chi connectivity index (χ0n) is 8.89. The molecule has 4 nitrogen and oxygen atoms in total. The summed E-state index contributed by atoms with van der Waals surface area (Å²) in [6.07, 6.45) is 1.86. The van der Waals surface area contributed by atoms with Crippen LogP contribution in [0.1, 0.15) is 12.2 Å². The molecule has 2 rings (SSSR count). The zero-order chi connectivity index (χ0) is 12.3. The molecule has 0 amide bonds. The van der Waals surface area contributed by atoms with Crippen LogP contribution < -0.4 is 0 Å². The lowest BCUT2D eigenvalue weighted by atomic mass is 10.0. The van der Waals surface area contributed by atoms with Crippen molar-refractivity contribution in [3.05, 3.63) is 41.2 Å². The molecule has 0 bridgehead atoms. The van der Waals surface area contributed by atoms with E-state index in [1.165, 1.54) is 0 Å². The molecule has 0 unspecified atom stereocenters. The van der Waals surface area contributed by atoms with E-state index in [4.69, 9.17) is 21.2 Å². The van der Waals surface area contributed by atoms with Gasteiger partial charge in [-0.3, -0.25) is 4.79 Å². The maximum Gasteiger partial charge on any atom is 0.303 e. The van der Waals surface area contributed by atoms with E-state index in [0.717, 1.165) is 11.1 Å². The highest BCUT2D eigenvalue weighted by Gasteiger charge is 2.13. The lowest BCUT2D eigenvalue weighted by Crippen LogP contribution is -1.97. The zero-order valence-corrected chi connectivity index (χ0v) is 9.65. The molecule has 0 aliphatic rings. The minimum atomic E-state index is -0.869. The van der Waals surface area contributed by atoms with Crippen LogP contribution >= 0.6 is 11.6 Å². The van der Waals surface area contributed by atoms with Gasteiger partial charge in [-0.05, 0) is 6.07 Å². The largest absolute Gasteiger partial charge is 0.481 e. The average Bonchev–Trinajstić information content (AvgIpc) is 2.75. The Bertz CT molecular complexity index is 536. The molecule has 88 valence electrons. The molecule has 1 aromatic carbocycles. The number of aryl methyl sites for hydroxylation is 1. The predicted octanol–water partition coefficient (Wildman–Crippen LogP) is 3.01. The molecule has 1 N–H and O–H groups in total. The minimum absolute atomic E-state index is 0.00659. The molecule has 0 atom stereocenters. The van der Waals surface area contributed by atoms with Crippen molar-refractivity contribution in [3.8, 4) is 11.1 Å². The number of carboxylic acid groups (broad SMARTS) is 1. The highest BCUT2D eigenvalue weighted by atomic mass is 35.5. The van der Waals surface area contributed by atoms with Crippen LogP contribution in [0, 0.1) is 0 Å². The second-order valence-electron chi connectivity index (χ2n) is 3.54. The second kappa shape index (κ2) is 5.01. The highest BCUT2D eigenvalue weighted by Crippen LogP contribution is 2.30. The molecule has 0 spiro atoms. The van der Waals surface area contributed by atoms with Gasteiger partial charge >= 0.3 is 5.97 Å². The number of nitrogens with zero attached hydrogens (tertiary/aromatic N) is 1. The van der Waals surface area contributed by atoms with Crippen LogP contribution in [0.5, 0.6) is 0 Å². The van der Waals surface area contributed by atoms with Crippen LogP contribution in [0.2, 0.25) is 5.02 Å². The number of carbonyl (C=O) groups is 1. The molecular formula is C12H10ClNO3. The molecule has 2 aromatic rings. The number of aromatic nitrogens is 1. The van der Waals surface area contributed by atoms with Crippen LogP contribution in [0.4, 0.5) is 0 Å². The van der Waals surface area contributed by atoms with Gasteiger partial charge in [-0.15, -0.1) is 0 Å². The van der Waals surface area contributed by atoms with E-state index < -0.39 is 5.97 Å². The first-order valence-corrected chi connectivity index (χ1v) is 5.46. The van der Waals surface area contributed by atoms with Crippen molar-refractivity contribution in [1.29, 1.82) is 0 Å². The Morgan fingerprint density at radius 1 is 1.35 bits per heavy atom. The predicted molar refractivity (Wildman–Crippen MR) is 62.9 cm³/mol. The molecule has 1 heterocycles. The maximum atomic E-state index is 10.5. The third kappa shape index (κ3) is 2.65. The summed E-state index contributed by atoms with van der Waals surface area (Å²) >= 11 is 6.06. The first kappa shape index (κ1) is 11.7. The van der Waals surface area contributed by atoms with Crippen LogP contribution in [-0.4, -0.2) is 16.2 Å². The minimum Gasteiger partial charge on any atom is -0.481 e. The fourth-order valence-corrected chi connectivity index (χ4v) is 1.80. The number of halogens is 1. The van der Waals surface area contributed by atoms with Gasteiger partial charge in [0, 0.05) is 22.6 Å². The van der Waals surface area contributed by atoms with Gasteiger partial charge in [-0.1, -0.05) is 35.0 Å². The third-order valence-corrected chi connectivity index (χ3v) is 2.70. The van der Waals surface area contributed by atoms with Gasteiger partial charge in [0.25, 0.3) is 0 Å². The highest BCUT2D eigenvalue weighted by molar-refractivity contribution is 6.33. The summed E-state index contributed by atoms with van der Waals surface area (Å²) in [5, 5.41) is 12.9. The van der Waals surface area contributed by atoms with Crippen molar-refractivity contribution in [2.75, 3.05) is 0 Å². The van der Waals surface area contributed by atoms with Crippen molar-refractivity contribution in [1.82, 2.24) is 5.16 Å². The molecule has 0 fully saturated rings. The Morgan fingerprint density at radius 3 is 2.82 bits per heavy atom. The quantitative estimate of drug-likeness (QED) is 0.907. The van der Waals surface area contributed by atoms with Gasteiger partial charge in [0.2, 0.25) is 0 Å². The Kier molecular flexibility index (Phi) is 3.44. The monoisotopic (exact) mass is 251 g/mol. The molecule has 0 saturated heterocycles. The molecule has 5 heteroatoms. The average molecular weight is 252 g/mol. The van der Waals surface area contributed by atoms with Crippen molar-refractivity contribution >= 4 is 17.6 Å². The van der Waals surface area contributed by atoms with Crippen LogP contribution in [0.15, 0.2) is 35.0 Å². The summed E-state index contributed by atoms with van der Waals surface area (Å²) < 4.78 is 5.05. The van der Waals surface area contributed by atoms with Gasteiger partial charge in [0.05, 0.1) is 12.6 Å². The third-order valence-electron chi connectivity index (χ3n) is 2.38. The van der Waals surface area contributed by atoms with E-state index in [0.29, 0.717) is 17.2 Å². The van der Waals surface area contributed by atoms with E-state index in [1.54, 1.807) is 12.3 Å². The van der Waals surface area contributed by atoms with Gasteiger partial charge in [-0.2, -0.15) is 0 Å². The molecule has 17 heavy (non-hydrogen) atoms. The number of hydrogen-bond acceptors (Lipinski definition) is 3. The van der Waals surface area contributed by atoms with Crippen LogP contribution in [-0.2, 0) is 11.2 Å². The van der Waals surface area contributed by atoms with Crippen LogP contribution in [0.25, 0.3) is 11.1 Å². The number of rotatable bonds is 4. The van der Waals surface area contributed by atoms with Crippen molar-refractivity contribution in [2.24, 2.45) is 0 Å². The lowest BCUT2D eigenvalue weighted by Gasteiger charge is -2.02. The molecule has 0 saturated carbocycles. The fraction of sp³-hybridized carbons (Fsp3) is 0.167. The fourth-order valence-electron chi connectivity index (χ4n) is 1.56. The van der Waals surface area contributed by atoms with E-state index >= 15 is 0 Å². The Morgan fingerprint density at radius 2 is 2.12 bits per heavy atom. The SMILES string of the molecule is O=C(O)CCc1oncc1-c1ccccc1Cl. The first-order chi connectivity index (χ1) is 8.18. The lowest BCUT2D eigenvalue weighted by molar-refractivity contribution is -0.137. The number of carboxylic acids is 1. The number of hydrogen-bond donors (Lipinski definition) is 1. The van der Waals surface area contributed by atoms with Crippen molar-refractivity contribution in [2.45, 2.75) is 12.8 Å². The van der Waals surface area contributed by atoms with Gasteiger partial charge in [0.15, 0.2) is 0 Å². The molecular weight excluding hydrogens is 242 g/mol. The van der Waals surface area contributed by atoms with E-state index in [2.05, 4.69) is 5.16 Å². The van der Waals surface area contributed by atoms with Crippen molar-refractivity contribution < 1.29 is 14.4 Å². The van der Waals surface area contributed by atoms with E-state index in [9.17, 15) is 4.79 Å². The molecule has 0 aliphatic carbocycles. The summed E-state index contributed by atoms with van der Waals surface area (Å²) in [4.78, 5) is 10.5. The van der Waals surface area contributed by atoms with Crippen LogP contribution in [0.3, 0.4) is 0 Å². The second-order valence-corrected chi connectivity index (χ2v) is 3.94. The smallest absolute Gasteiger partial charge is 0.303 e. The molecule has 0 aliphatic heterocycles. The summed E-state index contributed by atoms with van der Waals surface area (Å²) in [5.74, 6) is -0.327. The normalized spacial score (nSPS) is 10.4. The Labute approximate surface area is 103 Å². The number of aliphatic carboxylic acids is 1. The maximum absolute atomic E-state index is 10.5. The first-order valence-electron chi connectivity index (χ1n) is 5.08. The summed E-state index contributed by atoms with van der Waals surface area (Å²) in [6, 6.07) is 7.30. The standard InChI is InChI=1S/C12H10ClNO3/c13-10-4-2-1-3-8(10)9-7-14-17-11(9)5-6-12(15)16/h1-4,7H,5-6H2,(H,15,16). The van der Waals surface area contributed by atoms with Gasteiger partial charge in [-0.25, -0.2) is 0 Å². The van der Waals surface area contributed by atoms with Gasteiger partial charge < -0.3 is 9.63 Å². The topological polar surface area (TPSA) is 63.3 Å². The van der Waals surface area contributed by atoms with Gasteiger partial charge in [0.1, 0.15) is 5.76 Å². The Hall–Kier alpha value is -1.81. The van der Waals surface area contributed by atoms with E-state index in [-0.39, 0.29) is 6.42 Å². The van der Waals surface area contributed by atoms with E-state index in [1.807, 2.05) is 18.2 Å². The Balaban J connectivity index is 2.31. The number of benzene rings is 1. The molecule has 1 aromatic heterocycles. The summed E-state index contributed by atoms with van der Waals surface area (Å²) in [7, 11) is 0.